The third kappa shape index (κ3) is 5.60. The first-order valence-electron chi connectivity index (χ1n) is 11.7. The number of amides is 2. The first kappa shape index (κ1) is 30.0. The van der Waals surface area contributed by atoms with Crippen LogP contribution in [0.15, 0.2) is 35.5 Å². The summed E-state index contributed by atoms with van der Waals surface area (Å²) < 4.78 is 100. The van der Waals surface area contributed by atoms with Crippen molar-refractivity contribution >= 4 is 41.1 Å². The van der Waals surface area contributed by atoms with Crippen LogP contribution < -0.4 is 10.0 Å². The molecule has 15 heteroatoms. The van der Waals surface area contributed by atoms with Gasteiger partial charge in [0.1, 0.15) is 5.82 Å². The molecule has 0 saturated heterocycles. The molecule has 0 unspecified atom stereocenters. The van der Waals surface area contributed by atoms with E-state index >= 15 is 0 Å². The molecule has 1 atom stereocenters. The van der Waals surface area contributed by atoms with Crippen LogP contribution in [0.25, 0.3) is 0 Å². The zero-order valence-electron chi connectivity index (χ0n) is 20.8. The fourth-order valence-electron chi connectivity index (χ4n) is 4.45. The van der Waals surface area contributed by atoms with Gasteiger partial charge in [-0.15, -0.1) is 0 Å². The highest BCUT2D eigenvalue weighted by Gasteiger charge is 2.64. The van der Waals surface area contributed by atoms with Crippen molar-refractivity contribution in [3.63, 3.8) is 0 Å². The molecule has 0 aromatic heterocycles. The highest BCUT2D eigenvalue weighted by molar-refractivity contribution is 7.98. The summed E-state index contributed by atoms with van der Waals surface area (Å²) in [6.07, 6.45) is -10.4. The van der Waals surface area contributed by atoms with Gasteiger partial charge in [0.25, 0.3) is 11.5 Å². The lowest BCUT2D eigenvalue weighted by atomic mass is 9.84. The highest BCUT2D eigenvalue weighted by Crippen LogP contribution is 2.51. The van der Waals surface area contributed by atoms with E-state index in [-0.39, 0.29) is 46.0 Å². The van der Waals surface area contributed by atoms with Crippen LogP contribution in [0, 0.1) is 18.7 Å². The molecule has 2 aromatic carbocycles. The van der Waals surface area contributed by atoms with Gasteiger partial charge >= 0.3 is 12.4 Å². The first-order chi connectivity index (χ1) is 18.6. The maximum atomic E-state index is 14.8. The molecule has 2 N–H and O–H groups in total. The van der Waals surface area contributed by atoms with E-state index < -0.39 is 52.2 Å². The Bertz CT molecular complexity index is 1380. The van der Waals surface area contributed by atoms with Gasteiger partial charge in [0.15, 0.2) is 0 Å². The Balaban J connectivity index is 1.53. The fraction of sp³-hybridized carbons (Fsp3) is 0.400. The predicted octanol–water partition coefficient (Wildman–Crippen LogP) is 6.29. The monoisotopic (exact) mass is 611 g/mol. The summed E-state index contributed by atoms with van der Waals surface area (Å²) in [4.78, 5) is 28.9. The molecule has 1 saturated carbocycles. The van der Waals surface area contributed by atoms with Gasteiger partial charge in [0, 0.05) is 29.3 Å². The number of alkyl halides is 6. The normalized spacial score (nSPS) is 22.7. The second-order valence-corrected chi connectivity index (χ2v) is 10.9. The van der Waals surface area contributed by atoms with E-state index in [0.29, 0.717) is 18.4 Å². The van der Waals surface area contributed by atoms with Crippen molar-refractivity contribution in [2.45, 2.75) is 49.4 Å². The number of benzene rings is 2. The van der Waals surface area contributed by atoms with Gasteiger partial charge in [-0.2, -0.15) is 26.3 Å². The predicted molar refractivity (Wildman–Crippen MR) is 133 cm³/mol. The van der Waals surface area contributed by atoms with Crippen molar-refractivity contribution < 1.29 is 45.2 Å². The Morgan fingerprint density at radius 1 is 1.12 bits per heavy atom. The van der Waals surface area contributed by atoms with Crippen molar-refractivity contribution in [3.05, 3.63) is 69.0 Å². The van der Waals surface area contributed by atoms with Crippen molar-refractivity contribution in [1.82, 2.24) is 10.0 Å². The Labute approximate surface area is 232 Å². The first-order valence-corrected chi connectivity index (χ1v) is 13.0. The molecule has 6 nitrogen and oxygen atoms in total. The van der Waals surface area contributed by atoms with Crippen molar-refractivity contribution in [3.8, 4) is 0 Å². The van der Waals surface area contributed by atoms with Crippen LogP contribution >= 0.6 is 23.5 Å². The maximum absolute atomic E-state index is 14.8. The molecule has 1 aliphatic heterocycles. The van der Waals surface area contributed by atoms with Crippen LogP contribution in [-0.2, 0) is 21.4 Å². The Kier molecular flexibility index (Phi) is 8.07. The number of hydrogen-bond acceptors (Lipinski definition) is 5. The van der Waals surface area contributed by atoms with E-state index in [1.807, 2.05) is 0 Å². The van der Waals surface area contributed by atoms with Gasteiger partial charge < -0.3 is 10.2 Å². The lowest BCUT2D eigenvalue weighted by Crippen LogP contribution is -2.43. The summed E-state index contributed by atoms with van der Waals surface area (Å²) in [6, 6.07) is 4.24. The topological polar surface area (TPSA) is 79.8 Å². The molecule has 4 rings (SSSR count). The Morgan fingerprint density at radius 3 is 2.38 bits per heavy atom. The maximum Gasteiger partial charge on any atom is 0.435 e. The van der Waals surface area contributed by atoms with Crippen LogP contribution in [0.4, 0.5) is 30.7 Å². The summed E-state index contributed by atoms with van der Waals surface area (Å²) in [5.74, 6) is -2.36. The number of carbonyl (C=O) groups is 2. The van der Waals surface area contributed by atoms with Crippen molar-refractivity contribution in [2.75, 3.05) is 7.05 Å². The van der Waals surface area contributed by atoms with Crippen LogP contribution in [-0.4, -0.2) is 36.0 Å². The molecule has 2 amide bonds. The molecule has 216 valence electrons. The number of halogens is 8. The zero-order valence-corrected chi connectivity index (χ0v) is 22.3. The van der Waals surface area contributed by atoms with Crippen LogP contribution in [0.2, 0.25) is 5.02 Å². The standard InChI is InChI=1S/C25H21ClF7N3O3S/c1-11-5-12(3-4-16(11)22(38)36-40-15-6-13(7-15)21(37)34-2)19-10-23(39-35-19,25(31,32)33)17-8-14(24(28,29)30)9-18(26)20(17)27/h3-5,8-9,13,15H,6-7,10H2,1-2H3,(H,34,37)(H,36,38)/t13?,15?,23-/m0/s1. The molecule has 0 radical (unpaired) electrons. The van der Waals surface area contributed by atoms with E-state index in [1.165, 1.54) is 37.1 Å². The highest BCUT2D eigenvalue weighted by atomic mass is 35.5. The number of aryl methyl sites for hydroxylation is 1. The molecule has 1 heterocycles. The number of hydrogen-bond donors (Lipinski definition) is 2. The van der Waals surface area contributed by atoms with Gasteiger partial charge in [-0.1, -0.05) is 22.8 Å². The van der Waals surface area contributed by atoms with Crippen LogP contribution in [0.3, 0.4) is 0 Å². The molecule has 0 spiro atoms. The third-order valence-corrected chi connectivity index (χ3v) is 8.11. The molecular formula is C25H21ClF7N3O3S. The number of nitrogens with zero attached hydrogens (tertiary/aromatic N) is 1. The van der Waals surface area contributed by atoms with Gasteiger partial charge in [-0.05, 0) is 67.1 Å². The van der Waals surface area contributed by atoms with E-state index in [9.17, 15) is 40.3 Å². The average molecular weight is 612 g/mol. The van der Waals surface area contributed by atoms with Gasteiger partial charge in [0.05, 0.1) is 22.7 Å². The molecule has 0 bridgehead atoms. The van der Waals surface area contributed by atoms with Crippen molar-refractivity contribution in [2.24, 2.45) is 11.1 Å². The van der Waals surface area contributed by atoms with E-state index in [1.54, 1.807) is 7.05 Å². The summed E-state index contributed by atoms with van der Waals surface area (Å²) in [6.45, 7) is 1.54. The quantitative estimate of drug-likeness (QED) is 0.297. The smallest absolute Gasteiger partial charge is 0.374 e. The van der Waals surface area contributed by atoms with E-state index in [2.05, 4.69) is 20.0 Å². The Morgan fingerprint density at radius 2 is 1.80 bits per heavy atom. The number of rotatable bonds is 6. The molecular weight excluding hydrogens is 591 g/mol. The van der Waals surface area contributed by atoms with Crippen molar-refractivity contribution in [1.29, 1.82) is 0 Å². The van der Waals surface area contributed by atoms with Crippen LogP contribution in [0.1, 0.15) is 51.9 Å². The fourth-order valence-corrected chi connectivity index (χ4v) is 5.71. The van der Waals surface area contributed by atoms with E-state index in [4.69, 9.17) is 11.6 Å². The molecule has 1 aliphatic carbocycles. The second-order valence-electron chi connectivity index (χ2n) is 9.43. The van der Waals surface area contributed by atoms with Gasteiger partial charge in [0.2, 0.25) is 5.91 Å². The van der Waals surface area contributed by atoms with E-state index in [0.717, 1.165) is 0 Å². The number of nitrogens with one attached hydrogen (secondary N) is 2. The average Bonchev–Trinajstić information content (AvgIpc) is 3.30. The molecule has 40 heavy (non-hydrogen) atoms. The lowest BCUT2D eigenvalue weighted by molar-refractivity contribution is -0.276. The second kappa shape index (κ2) is 10.8. The molecule has 1 fully saturated rings. The summed E-state index contributed by atoms with van der Waals surface area (Å²) >= 11 is 6.70. The van der Waals surface area contributed by atoms with Gasteiger partial charge in [-0.25, -0.2) is 4.39 Å². The Hall–Kier alpha value is -3.00. The lowest BCUT2D eigenvalue weighted by Gasteiger charge is -2.32. The third-order valence-electron chi connectivity index (χ3n) is 6.81. The zero-order chi connectivity index (χ0) is 29.6. The summed E-state index contributed by atoms with van der Waals surface area (Å²) in [5, 5.41) is 4.92. The minimum absolute atomic E-state index is 0.0164. The SMILES string of the molecule is CNC(=O)C1CC(SNC(=O)c2ccc(C3=NO[C@@](c4cc(C(F)(F)F)cc(Cl)c4F)(C(F)(F)F)C3)cc2C)C1. The van der Waals surface area contributed by atoms with Gasteiger partial charge in [-0.3, -0.25) is 14.3 Å². The van der Waals surface area contributed by atoms with Crippen LogP contribution in [0.5, 0.6) is 0 Å². The number of carbonyl (C=O) groups excluding carboxylic acids is 2. The minimum Gasteiger partial charge on any atom is -0.374 e. The summed E-state index contributed by atoms with van der Waals surface area (Å²) in [7, 11) is 1.54. The largest absolute Gasteiger partial charge is 0.435 e. The summed E-state index contributed by atoms with van der Waals surface area (Å²) in [5.41, 5.74) is -6.22. The minimum atomic E-state index is -5.38. The molecule has 2 aromatic rings. The number of oxime groups is 1. The molecule has 2 aliphatic rings.